The predicted octanol–water partition coefficient (Wildman–Crippen LogP) is 3.65. The second-order valence-corrected chi connectivity index (χ2v) is 9.84. The molecule has 5 nitrogen and oxygen atoms in total. The van der Waals surface area contributed by atoms with E-state index in [1.165, 1.54) is 0 Å². The summed E-state index contributed by atoms with van der Waals surface area (Å²) >= 11 is 0. The molecule has 4 aliphatic rings. The van der Waals surface area contributed by atoms with Crippen molar-refractivity contribution < 1.29 is 27.1 Å². The van der Waals surface area contributed by atoms with E-state index >= 15 is 0 Å². The molecule has 0 unspecified atom stereocenters. The number of carbonyl (C=O) groups excluding carboxylic acids is 1. The Morgan fingerprint density at radius 3 is 2.94 bits per heavy atom. The Kier molecular flexibility index (Phi) is 5.68. The maximum absolute atomic E-state index is 14.2. The van der Waals surface area contributed by atoms with E-state index in [2.05, 4.69) is 10.3 Å². The van der Waals surface area contributed by atoms with Crippen molar-refractivity contribution in [2.75, 3.05) is 19.8 Å². The minimum Gasteiger partial charge on any atom is -0.378 e. The van der Waals surface area contributed by atoms with Crippen LogP contribution in [0.2, 0.25) is 0 Å². The van der Waals surface area contributed by atoms with Crippen LogP contribution in [0, 0.1) is 11.3 Å². The molecule has 2 aliphatic carbocycles. The summed E-state index contributed by atoms with van der Waals surface area (Å²) in [4.78, 5) is 19.5. The standard InChI is InChI=1S/C23H29F4N3O2/c24-18-13-32-7-4-20(18)29-17-9-15-2-1-5-22(15,10-17)21(31)30-6-3-19-14(12-30)8-16(11-28-19)23(25,26)27/h8,11,15,17-18,20,29H,1-7,9-10,12-13H2/t15-,17-,18+,20+,22-/m1/s1. The molecule has 1 saturated heterocycles. The van der Waals surface area contributed by atoms with Crippen LogP contribution in [-0.4, -0.2) is 53.8 Å². The first-order valence-electron chi connectivity index (χ1n) is 11.6. The van der Waals surface area contributed by atoms with E-state index < -0.39 is 23.3 Å². The van der Waals surface area contributed by atoms with Gasteiger partial charge in [-0.25, -0.2) is 4.39 Å². The average Bonchev–Trinajstić information content (AvgIpc) is 3.31. The molecule has 0 bridgehead atoms. The summed E-state index contributed by atoms with van der Waals surface area (Å²) in [5.41, 5.74) is -0.131. The lowest BCUT2D eigenvalue weighted by molar-refractivity contribution is -0.144. The van der Waals surface area contributed by atoms with E-state index in [0.29, 0.717) is 43.7 Å². The van der Waals surface area contributed by atoms with Crippen molar-refractivity contribution >= 4 is 5.91 Å². The summed E-state index contributed by atoms with van der Waals surface area (Å²) in [6, 6.07) is 0.978. The number of ether oxygens (including phenoxy) is 1. The smallest absolute Gasteiger partial charge is 0.378 e. The normalized spacial score (nSPS) is 34.9. The van der Waals surface area contributed by atoms with Crippen LogP contribution in [0.15, 0.2) is 12.3 Å². The first-order chi connectivity index (χ1) is 15.3. The van der Waals surface area contributed by atoms with E-state index in [1.54, 1.807) is 4.90 Å². The molecule has 3 fully saturated rings. The van der Waals surface area contributed by atoms with Gasteiger partial charge in [0, 0.05) is 50.1 Å². The fourth-order valence-electron chi connectivity index (χ4n) is 6.38. The zero-order valence-corrected chi connectivity index (χ0v) is 18.0. The van der Waals surface area contributed by atoms with Crippen molar-refractivity contribution in [1.29, 1.82) is 0 Å². The van der Waals surface area contributed by atoms with Crippen LogP contribution < -0.4 is 5.32 Å². The Hall–Kier alpha value is -1.74. The Balaban J connectivity index is 1.31. The number of halogens is 4. The first kappa shape index (κ1) is 22.1. The molecule has 0 radical (unpaired) electrons. The number of nitrogens with one attached hydrogen (secondary N) is 1. The molecule has 5 rings (SSSR count). The number of hydrogen-bond donors (Lipinski definition) is 1. The van der Waals surface area contributed by atoms with Crippen LogP contribution in [-0.2, 0) is 28.7 Å². The molecule has 9 heteroatoms. The highest BCUT2D eigenvalue weighted by Gasteiger charge is 2.56. The molecule has 32 heavy (non-hydrogen) atoms. The number of aromatic nitrogens is 1. The van der Waals surface area contributed by atoms with E-state index in [0.717, 1.165) is 37.9 Å². The summed E-state index contributed by atoms with van der Waals surface area (Å²) < 4.78 is 58.8. The Morgan fingerprint density at radius 2 is 2.16 bits per heavy atom. The maximum Gasteiger partial charge on any atom is 0.417 e. The SMILES string of the molecule is O=C(N1CCc2ncc(C(F)(F)F)cc2C1)[C@@]12CCC[C@@H]1C[C@@H](N[C@H]1CCOC[C@@H]1F)C2. The Bertz CT molecular complexity index is 879. The summed E-state index contributed by atoms with van der Waals surface area (Å²) in [5, 5.41) is 3.46. The van der Waals surface area contributed by atoms with Crippen LogP contribution >= 0.6 is 0 Å². The zero-order chi connectivity index (χ0) is 22.5. The largest absolute Gasteiger partial charge is 0.417 e. The number of amides is 1. The second kappa shape index (κ2) is 8.24. The number of nitrogens with zero attached hydrogens (tertiary/aromatic N) is 2. The number of rotatable bonds is 3. The van der Waals surface area contributed by atoms with Crippen molar-refractivity contribution in [1.82, 2.24) is 15.2 Å². The minimum atomic E-state index is -4.45. The van der Waals surface area contributed by atoms with Gasteiger partial charge in [0.25, 0.3) is 0 Å². The van der Waals surface area contributed by atoms with Crippen LogP contribution in [0.5, 0.6) is 0 Å². The molecule has 176 valence electrons. The molecule has 1 aromatic heterocycles. The van der Waals surface area contributed by atoms with E-state index in [-0.39, 0.29) is 37.1 Å². The van der Waals surface area contributed by atoms with Crippen LogP contribution in [0.3, 0.4) is 0 Å². The van der Waals surface area contributed by atoms with Crippen molar-refractivity contribution in [3.63, 3.8) is 0 Å². The maximum atomic E-state index is 14.2. The predicted molar refractivity (Wildman–Crippen MR) is 108 cm³/mol. The second-order valence-electron chi connectivity index (χ2n) is 9.84. The monoisotopic (exact) mass is 455 g/mol. The molecule has 1 N–H and O–H groups in total. The van der Waals surface area contributed by atoms with Gasteiger partial charge < -0.3 is 15.0 Å². The lowest BCUT2D eigenvalue weighted by Gasteiger charge is -2.37. The van der Waals surface area contributed by atoms with Gasteiger partial charge in [-0.2, -0.15) is 13.2 Å². The van der Waals surface area contributed by atoms with E-state index in [1.807, 2.05) is 0 Å². The molecular weight excluding hydrogens is 426 g/mol. The highest BCUT2D eigenvalue weighted by Crippen LogP contribution is 2.55. The van der Waals surface area contributed by atoms with Crippen LogP contribution in [0.4, 0.5) is 17.6 Å². The molecule has 1 aromatic rings. The molecule has 5 atom stereocenters. The van der Waals surface area contributed by atoms with Crippen molar-refractivity contribution in [3.8, 4) is 0 Å². The topological polar surface area (TPSA) is 54.5 Å². The lowest BCUT2D eigenvalue weighted by atomic mass is 9.78. The molecule has 1 amide bonds. The van der Waals surface area contributed by atoms with E-state index in [9.17, 15) is 22.4 Å². The number of hydrogen-bond acceptors (Lipinski definition) is 4. The quantitative estimate of drug-likeness (QED) is 0.707. The third kappa shape index (κ3) is 3.91. The van der Waals surface area contributed by atoms with Crippen LogP contribution in [0.25, 0.3) is 0 Å². The van der Waals surface area contributed by atoms with Gasteiger partial charge in [0.05, 0.1) is 17.6 Å². The summed E-state index contributed by atoms with van der Waals surface area (Å²) in [5.74, 6) is 0.294. The van der Waals surface area contributed by atoms with E-state index in [4.69, 9.17) is 4.74 Å². The summed E-state index contributed by atoms with van der Waals surface area (Å²) in [6.45, 7) is 1.30. The van der Waals surface area contributed by atoms with Gasteiger partial charge in [0.15, 0.2) is 0 Å². The van der Waals surface area contributed by atoms with Gasteiger partial charge in [-0.15, -0.1) is 0 Å². The number of carbonyl (C=O) groups is 1. The molecule has 2 aliphatic heterocycles. The van der Waals surface area contributed by atoms with Crippen molar-refractivity contribution in [3.05, 3.63) is 29.1 Å². The molecule has 0 spiro atoms. The molecular formula is C23H29F4N3O2. The average molecular weight is 455 g/mol. The fraction of sp³-hybridized carbons (Fsp3) is 0.739. The fourth-order valence-corrected chi connectivity index (χ4v) is 6.38. The summed E-state index contributed by atoms with van der Waals surface area (Å²) in [7, 11) is 0. The third-order valence-electron chi connectivity index (χ3n) is 7.95. The van der Waals surface area contributed by atoms with Crippen molar-refractivity contribution in [2.24, 2.45) is 11.3 Å². The first-order valence-corrected chi connectivity index (χ1v) is 11.6. The lowest BCUT2D eigenvalue weighted by Crippen LogP contribution is -2.49. The highest BCUT2D eigenvalue weighted by atomic mass is 19.4. The van der Waals surface area contributed by atoms with Crippen molar-refractivity contribution in [2.45, 2.75) is 75.9 Å². The minimum absolute atomic E-state index is 0.0520. The van der Waals surface area contributed by atoms with Crippen LogP contribution in [0.1, 0.15) is 55.3 Å². The van der Waals surface area contributed by atoms with Gasteiger partial charge in [-0.05, 0) is 49.7 Å². The molecule has 0 aromatic carbocycles. The van der Waals surface area contributed by atoms with Gasteiger partial charge in [0.1, 0.15) is 6.17 Å². The number of fused-ring (bicyclic) bond motifs is 2. The molecule has 3 heterocycles. The Labute approximate surface area is 184 Å². The van der Waals surface area contributed by atoms with Gasteiger partial charge in [-0.1, -0.05) is 6.42 Å². The third-order valence-corrected chi connectivity index (χ3v) is 7.95. The highest BCUT2D eigenvalue weighted by molar-refractivity contribution is 5.84. The van der Waals surface area contributed by atoms with Gasteiger partial charge >= 0.3 is 6.18 Å². The Morgan fingerprint density at radius 1 is 1.31 bits per heavy atom. The molecule has 2 saturated carbocycles. The number of pyridine rings is 1. The number of alkyl halides is 4. The van der Waals surface area contributed by atoms with Gasteiger partial charge in [0.2, 0.25) is 5.91 Å². The van der Waals surface area contributed by atoms with Gasteiger partial charge in [-0.3, -0.25) is 9.78 Å². The zero-order valence-electron chi connectivity index (χ0n) is 18.0. The summed E-state index contributed by atoms with van der Waals surface area (Å²) in [6.07, 6.45) is 0.752.